The summed E-state index contributed by atoms with van der Waals surface area (Å²) >= 11 is 7.02. The Balaban J connectivity index is 1.11. The maximum Gasteiger partial charge on any atom is 0.410 e. The molecule has 1 aliphatic heterocycles. The van der Waals surface area contributed by atoms with Crippen LogP contribution in [0.4, 0.5) is 4.79 Å². The third kappa shape index (κ3) is 7.89. The number of amides is 2. The smallest absolute Gasteiger partial charge is 0.410 e. The maximum atomic E-state index is 14.8. The van der Waals surface area contributed by atoms with E-state index in [1.165, 1.54) is 29.7 Å². The van der Waals surface area contributed by atoms with Gasteiger partial charge in [0.1, 0.15) is 12.6 Å². The van der Waals surface area contributed by atoms with Gasteiger partial charge in [0.15, 0.2) is 5.60 Å². The molecule has 8 heteroatoms. The van der Waals surface area contributed by atoms with E-state index in [2.05, 4.69) is 36.4 Å². The Kier molecular flexibility index (Phi) is 12.0. The fourth-order valence-electron chi connectivity index (χ4n) is 9.40. The third-order valence-corrected chi connectivity index (χ3v) is 12.8. The number of likely N-dealkylation sites (tertiary alicyclic amines) is 1. The van der Waals surface area contributed by atoms with Crippen LogP contribution in [0, 0.1) is 0 Å². The monoisotopic (exact) mass is 794 g/mol. The lowest BCUT2D eigenvalue weighted by atomic mass is 9.78. The minimum atomic E-state index is -1.46. The molecule has 0 N–H and O–H groups in total. The molecule has 1 saturated carbocycles. The molecule has 5 aromatic carbocycles. The van der Waals surface area contributed by atoms with E-state index in [1.54, 1.807) is 18.0 Å². The van der Waals surface area contributed by atoms with Gasteiger partial charge in [0.05, 0.1) is 6.42 Å². The highest BCUT2D eigenvalue weighted by molar-refractivity contribution is 6.31. The summed E-state index contributed by atoms with van der Waals surface area (Å²) in [6.45, 7) is 1.21. The lowest BCUT2D eigenvalue weighted by molar-refractivity contribution is -0.157. The predicted molar refractivity (Wildman–Crippen MR) is 228 cm³/mol. The zero-order valence-corrected chi connectivity index (χ0v) is 33.9. The molecule has 3 aliphatic rings. The summed E-state index contributed by atoms with van der Waals surface area (Å²) in [5.41, 5.74) is 6.30. The molecule has 298 valence electrons. The largest absolute Gasteiger partial charge is 0.448 e. The second-order valence-corrected chi connectivity index (χ2v) is 16.4. The Hall–Kier alpha value is -5.40. The Bertz CT molecular complexity index is 2190. The number of piperidine rings is 1. The van der Waals surface area contributed by atoms with Crippen molar-refractivity contribution < 1.29 is 23.9 Å². The van der Waals surface area contributed by atoms with E-state index in [9.17, 15) is 14.4 Å². The van der Waals surface area contributed by atoms with Crippen molar-refractivity contribution in [1.82, 2.24) is 9.80 Å². The summed E-state index contributed by atoms with van der Waals surface area (Å²) in [6.07, 6.45) is 7.72. The van der Waals surface area contributed by atoms with Gasteiger partial charge in [-0.25, -0.2) is 4.79 Å². The van der Waals surface area contributed by atoms with Crippen LogP contribution in [0.15, 0.2) is 127 Å². The van der Waals surface area contributed by atoms with Crippen molar-refractivity contribution in [2.45, 2.75) is 81.3 Å². The van der Waals surface area contributed by atoms with Crippen molar-refractivity contribution in [2.75, 3.05) is 26.7 Å². The van der Waals surface area contributed by atoms with Crippen molar-refractivity contribution in [3.05, 3.63) is 166 Å². The Morgan fingerprint density at radius 3 is 1.93 bits per heavy atom. The second-order valence-electron chi connectivity index (χ2n) is 16.0. The molecule has 0 bridgehead atoms. The van der Waals surface area contributed by atoms with E-state index in [0.717, 1.165) is 59.9 Å². The zero-order valence-electron chi connectivity index (χ0n) is 33.2. The number of hydrogen-bond acceptors (Lipinski definition) is 5. The molecule has 0 radical (unpaired) electrons. The second kappa shape index (κ2) is 17.6. The average Bonchev–Trinajstić information content (AvgIpc) is 3.60. The molecule has 8 rings (SSSR count). The van der Waals surface area contributed by atoms with Crippen molar-refractivity contribution in [2.24, 2.45) is 0 Å². The van der Waals surface area contributed by atoms with Gasteiger partial charge in [-0.15, -0.1) is 0 Å². The van der Waals surface area contributed by atoms with E-state index in [-0.39, 0.29) is 24.9 Å². The number of esters is 1. The Morgan fingerprint density at radius 1 is 0.707 bits per heavy atom. The summed E-state index contributed by atoms with van der Waals surface area (Å²) in [5.74, 6) is -0.606. The van der Waals surface area contributed by atoms with Gasteiger partial charge < -0.3 is 14.4 Å². The third-order valence-electron chi connectivity index (χ3n) is 12.5. The maximum absolute atomic E-state index is 14.8. The van der Waals surface area contributed by atoms with Crippen LogP contribution in [0.1, 0.15) is 103 Å². The zero-order chi connectivity index (χ0) is 40.1. The number of carbonyl (C=O) groups excluding carboxylic acids is 3. The van der Waals surface area contributed by atoms with E-state index in [4.69, 9.17) is 21.1 Å². The topological polar surface area (TPSA) is 76.1 Å². The quantitative estimate of drug-likeness (QED) is 0.0983. The minimum Gasteiger partial charge on any atom is -0.448 e. The van der Waals surface area contributed by atoms with Crippen LogP contribution in [0.25, 0.3) is 11.1 Å². The average molecular weight is 795 g/mol. The minimum absolute atomic E-state index is 0.0900. The molecule has 1 saturated heterocycles. The fourth-order valence-corrected chi connectivity index (χ4v) is 9.67. The highest BCUT2D eigenvalue weighted by Crippen LogP contribution is 2.46. The highest BCUT2D eigenvalue weighted by atomic mass is 35.5. The molecule has 2 unspecified atom stereocenters. The van der Waals surface area contributed by atoms with Gasteiger partial charge in [-0.1, -0.05) is 152 Å². The van der Waals surface area contributed by atoms with Crippen molar-refractivity contribution >= 4 is 29.6 Å². The van der Waals surface area contributed by atoms with Gasteiger partial charge in [0, 0.05) is 47.8 Å². The predicted octanol–water partition coefficient (Wildman–Crippen LogP) is 10.9. The number of carbonyl (C=O) groups is 3. The SMILES string of the molecule is CN(C(=O)OCC1c2ccccc2-c2ccccc21)C(CC(=O)OC(c1ccccc1)(c1ccc(C2CCCCC2)cc1)c1ccccc1Cl)C(=O)N1CCCCC1. The molecule has 1 heterocycles. The molecule has 0 spiro atoms. The number of nitrogens with zero attached hydrogens (tertiary/aromatic N) is 2. The first-order valence-corrected chi connectivity index (χ1v) is 21.2. The van der Waals surface area contributed by atoms with Crippen LogP contribution in [0.5, 0.6) is 0 Å². The van der Waals surface area contributed by atoms with Crippen LogP contribution in [-0.2, 0) is 24.7 Å². The summed E-state index contributed by atoms with van der Waals surface area (Å²) in [6, 6.07) is 40.6. The molecule has 2 fully saturated rings. The number of hydrogen-bond donors (Lipinski definition) is 0. The Labute approximate surface area is 346 Å². The van der Waals surface area contributed by atoms with Crippen molar-refractivity contribution in [3.63, 3.8) is 0 Å². The standard InChI is InChI=1S/C50H51ClN2O5/c1-52(49(56)57-34-43-41-23-11-9-21-39(41)40-22-10-12-24-42(40)43)46(48(55)53-31-15-4-16-32-53)33-47(54)58-50(37-19-7-3-8-20-37,44-25-13-14-26-45(44)51)38-29-27-36(28-30-38)35-17-5-2-6-18-35/h3,7-14,19-30,35,43,46H,2,4-6,15-18,31-34H2,1H3. The van der Waals surface area contributed by atoms with E-state index in [1.807, 2.05) is 84.9 Å². The number of ether oxygens (including phenoxy) is 2. The Morgan fingerprint density at radius 2 is 1.28 bits per heavy atom. The number of benzene rings is 5. The van der Waals surface area contributed by atoms with E-state index in [0.29, 0.717) is 35.2 Å². The first kappa shape index (κ1) is 39.4. The van der Waals surface area contributed by atoms with Gasteiger partial charge in [0.25, 0.3) is 0 Å². The summed E-state index contributed by atoms with van der Waals surface area (Å²) in [5, 5.41) is 0.437. The number of rotatable bonds is 11. The van der Waals surface area contributed by atoms with Crippen LogP contribution in [0.3, 0.4) is 0 Å². The van der Waals surface area contributed by atoms with Crippen molar-refractivity contribution in [1.29, 1.82) is 0 Å². The van der Waals surface area contributed by atoms with E-state index >= 15 is 0 Å². The van der Waals surface area contributed by atoms with Crippen LogP contribution in [0.2, 0.25) is 5.02 Å². The number of halogens is 1. The molecule has 5 aromatic rings. The molecular weight excluding hydrogens is 744 g/mol. The first-order valence-electron chi connectivity index (χ1n) is 20.8. The van der Waals surface area contributed by atoms with Gasteiger partial charge in [-0.3, -0.25) is 14.5 Å². The lowest BCUT2D eigenvalue weighted by Crippen LogP contribution is -2.52. The summed E-state index contributed by atoms with van der Waals surface area (Å²) in [4.78, 5) is 46.3. The molecule has 58 heavy (non-hydrogen) atoms. The fraction of sp³-hybridized carbons (Fsp3) is 0.340. The molecule has 2 amide bonds. The number of fused-ring (bicyclic) bond motifs is 3. The first-order chi connectivity index (χ1) is 28.3. The van der Waals surface area contributed by atoms with Crippen LogP contribution >= 0.6 is 11.6 Å². The normalized spacial score (nSPS) is 17.0. The molecule has 2 aliphatic carbocycles. The van der Waals surface area contributed by atoms with Crippen LogP contribution in [-0.4, -0.2) is 60.6 Å². The van der Waals surface area contributed by atoms with E-state index < -0.39 is 23.7 Å². The lowest BCUT2D eigenvalue weighted by Gasteiger charge is -2.37. The van der Waals surface area contributed by atoms with Gasteiger partial charge in [-0.05, 0) is 71.9 Å². The molecule has 0 aromatic heterocycles. The summed E-state index contributed by atoms with van der Waals surface area (Å²) in [7, 11) is 1.54. The van der Waals surface area contributed by atoms with Gasteiger partial charge >= 0.3 is 12.1 Å². The van der Waals surface area contributed by atoms with Crippen LogP contribution < -0.4 is 0 Å². The molecule has 2 atom stereocenters. The highest BCUT2D eigenvalue weighted by Gasteiger charge is 2.44. The summed E-state index contributed by atoms with van der Waals surface area (Å²) < 4.78 is 12.8. The molecular formula is C50H51ClN2O5. The number of likely N-dealkylation sites (N-methyl/N-ethyl adjacent to an activating group) is 1. The molecule has 7 nitrogen and oxygen atoms in total. The van der Waals surface area contributed by atoms with Crippen molar-refractivity contribution in [3.8, 4) is 11.1 Å². The van der Waals surface area contributed by atoms with Gasteiger partial charge in [0.2, 0.25) is 5.91 Å². The van der Waals surface area contributed by atoms with Gasteiger partial charge in [-0.2, -0.15) is 0 Å².